The maximum absolute atomic E-state index is 13.4. The first-order valence-electron chi connectivity index (χ1n) is 5.93. The van der Waals surface area contributed by atoms with Gasteiger partial charge >= 0.3 is 0 Å². The molecule has 0 N–H and O–H groups in total. The van der Waals surface area contributed by atoms with Crippen LogP contribution in [0.2, 0.25) is 0 Å². The van der Waals surface area contributed by atoms with E-state index in [-0.39, 0.29) is 11.9 Å². The van der Waals surface area contributed by atoms with Crippen LogP contribution in [0.25, 0.3) is 0 Å². The van der Waals surface area contributed by atoms with Gasteiger partial charge in [-0.3, -0.25) is 4.79 Å². The molecule has 1 aromatic carbocycles. The Bertz CT molecular complexity index is 466. The van der Waals surface area contributed by atoms with Crippen molar-refractivity contribution in [2.24, 2.45) is 0 Å². The van der Waals surface area contributed by atoms with E-state index in [1.165, 1.54) is 6.07 Å². The number of carbonyl (C=O) groups is 1. The first-order chi connectivity index (χ1) is 8.49. The zero-order valence-corrected chi connectivity index (χ0v) is 12.1. The molecule has 1 atom stereocenters. The number of likely N-dealkylation sites (N-methyl/N-ethyl adjacent to an activating group) is 1. The van der Waals surface area contributed by atoms with Gasteiger partial charge in [0.25, 0.3) is 5.91 Å². The first-order valence-corrected chi connectivity index (χ1v) is 6.73. The monoisotopic (exact) mass is 314 g/mol. The van der Waals surface area contributed by atoms with Crippen LogP contribution in [0, 0.1) is 5.82 Å². The fourth-order valence-corrected chi connectivity index (χ4v) is 2.48. The molecule has 18 heavy (non-hydrogen) atoms. The molecule has 1 fully saturated rings. The van der Waals surface area contributed by atoms with Crippen molar-refractivity contribution in [3.63, 3.8) is 0 Å². The molecule has 0 spiro atoms. The second kappa shape index (κ2) is 5.36. The normalized spacial score (nSPS) is 21.1. The van der Waals surface area contributed by atoms with Crippen LogP contribution >= 0.6 is 15.9 Å². The van der Waals surface area contributed by atoms with Gasteiger partial charge in [0.2, 0.25) is 0 Å². The smallest absolute Gasteiger partial charge is 0.254 e. The SMILES string of the molecule is C[C@@H]1CN(C)CCN1C(=O)c1ccc(Br)c(F)c1. The molecule has 1 saturated heterocycles. The Morgan fingerprint density at radius 1 is 1.44 bits per heavy atom. The van der Waals surface area contributed by atoms with Gasteiger partial charge in [0.15, 0.2) is 0 Å². The molecular formula is C13H16BrFN2O. The molecule has 0 aliphatic carbocycles. The summed E-state index contributed by atoms with van der Waals surface area (Å²) in [5.74, 6) is -0.496. The second-order valence-electron chi connectivity index (χ2n) is 4.74. The standard InChI is InChI=1S/C13H16BrFN2O/c1-9-8-16(2)5-6-17(9)13(18)10-3-4-11(14)12(15)7-10/h3-4,7,9H,5-6,8H2,1-2H3/t9-/m1/s1. The highest BCUT2D eigenvalue weighted by molar-refractivity contribution is 9.10. The summed E-state index contributed by atoms with van der Waals surface area (Å²) in [5, 5.41) is 0. The van der Waals surface area contributed by atoms with Crippen LogP contribution in [0.4, 0.5) is 4.39 Å². The highest BCUT2D eigenvalue weighted by Gasteiger charge is 2.26. The molecule has 1 heterocycles. The number of benzene rings is 1. The molecule has 2 rings (SSSR count). The zero-order valence-electron chi connectivity index (χ0n) is 10.5. The van der Waals surface area contributed by atoms with E-state index in [1.807, 2.05) is 18.9 Å². The minimum atomic E-state index is -0.400. The summed E-state index contributed by atoms with van der Waals surface area (Å²) in [5.41, 5.74) is 0.409. The summed E-state index contributed by atoms with van der Waals surface area (Å²) in [6.45, 7) is 4.41. The van der Waals surface area contributed by atoms with Gasteiger partial charge in [-0.2, -0.15) is 0 Å². The van der Waals surface area contributed by atoms with E-state index in [0.29, 0.717) is 16.6 Å². The molecule has 0 bridgehead atoms. The topological polar surface area (TPSA) is 23.6 Å². The number of rotatable bonds is 1. The zero-order chi connectivity index (χ0) is 13.3. The third-order valence-corrected chi connectivity index (χ3v) is 3.90. The molecular weight excluding hydrogens is 299 g/mol. The highest BCUT2D eigenvalue weighted by Crippen LogP contribution is 2.19. The summed E-state index contributed by atoms with van der Waals surface area (Å²) in [6.07, 6.45) is 0. The Hall–Kier alpha value is -0.940. The van der Waals surface area contributed by atoms with E-state index in [4.69, 9.17) is 0 Å². The summed E-state index contributed by atoms with van der Waals surface area (Å²) < 4.78 is 13.8. The van der Waals surface area contributed by atoms with Gasteiger partial charge in [0.05, 0.1) is 4.47 Å². The number of piperazine rings is 1. The predicted molar refractivity (Wildman–Crippen MR) is 72.1 cm³/mol. The van der Waals surface area contributed by atoms with Crippen LogP contribution in [-0.4, -0.2) is 48.4 Å². The van der Waals surface area contributed by atoms with Crippen molar-refractivity contribution in [3.05, 3.63) is 34.1 Å². The van der Waals surface area contributed by atoms with E-state index in [1.54, 1.807) is 12.1 Å². The maximum atomic E-state index is 13.4. The number of hydrogen-bond acceptors (Lipinski definition) is 2. The molecule has 0 aromatic heterocycles. The third-order valence-electron chi connectivity index (χ3n) is 3.26. The molecule has 1 aromatic rings. The Balaban J connectivity index is 2.18. The van der Waals surface area contributed by atoms with Crippen molar-refractivity contribution >= 4 is 21.8 Å². The molecule has 1 aliphatic heterocycles. The maximum Gasteiger partial charge on any atom is 0.254 e. The van der Waals surface area contributed by atoms with E-state index >= 15 is 0 Å². The Kier molecular flexibility index (Phi) is 4.02. The van der Waals surface area contributed by atoms with Gasteiger partial charge in [-0.05, 0) is 48.1 Å². The van der Waals surface area contributed by atoms with Crippen LogP contribution in [0.15, 0.2) is 22.7 Å². The van der Waals surface area contributed by atoms with Gasteiger partial charge in [0, 0.05) is 31.2 Å². The van der Waals surface area contributed by atoms with Crippen LogP contribution in [-0.2, 0) is 0 Å². The van der Waals surface area contributed by atoms with E-state index in [2.05, 4.69) is 20.8 Å². The van der Waals surface area contributed by atoms with Gasteiger partial charge in [-0.25, -0.2) is 4.39 Å². The number of hydrogen-bond donors (Lipinski definition) is 0. The van der Waals surface area contributed by atoms with Crippen LogP contribution in [0.5, 0.6) is 0 Å². The number of nitrogens with zero attached hydrogens (tertiary/aromatic N) is 2. The molecule has 1 aliphatic rings. The number of halogens is 2. The highest BCUT2D eigenvalue weighted by atomic mass is 79.9. The Labute approximate surface area is 115 Å². The number of carbonyl (C=O) groups excluding carboxylic acids is 1. The van der Waals surface area contributed by atoms with Crippen LogP contribution in [0.1, 0.15) is 17.3 Å². The lowest BCUT2D eigenvalue weighted by Gasteiger charge is -2.38. The van der Waals surface area contributed by atoms with E-state index in [0.717, 1.165) is 13.1 Å². The van der Waals surface area contributed by atoms with Crippen LogP contribution < -0.4 is 0 Å². The van der Waals surface area contributed by atoms with Crippen molar-refractivity contribution in [1.82, 2.24) is 9.80 Å². The van der Waals surface area contributed by atoms with E-state index in [9.17, 15) is 9.18 Å². The molecule has 5 heteroatoms. The lowest BCUT2D eigenvalue weighted by molar-refractivity contribution is 0.0533. The molecule has 3 nitrogen and oxygen atoms in total. The van der Waals surface area contributed by atoms with Gasteiger partial charge in [-0.1, -0.05) is 0 Å². The Morgan fingerprint density at radius 3 is 2.78 bits per heavy atom. The van der Waals surface area contributed by atoms with Crippen molar-refractivity contribution in [3.8, 4) is 0 Å². The molecule has 0 unspecified atom stereocenters. The number of amides is 1. The van der Waals surface area contributed by atoms with Gasteiger partial charge in [0.1, 0.15) is 5.82 Å². The average molecular weight is 315 g/mol. The fraction of sp³-hybridized carbons (Fsp3) is 0.462. The lowest BCUT2D eigenvalue weighted by atomic mass is 10.1. The van der Waals surface area contributed by atoms with Crippen molar-refractivity contribution in [2.45, 2.75) is 13.0 Å². The molecule has 1 amide bonds. The van der Waals surface area contributed by atoms with E-state index < -0.39 is 5.82 Å². The second-order valence-corrected chi connectivity index (χ2v) is 5.59. The van der Waals surface area contributed by atoms with Crippen LogP contribution in [0.3, 0.4) is 0 Å². The fourth-order valence-electron chi connectivity index (χ4n) is 2.24. The summed E-state index contributed by atoms with van der Waals surface area (Å²) >= 11 is 3.09. The minimum Gasteiger partial charge on any atom is -0.333 e. The van der Waals surface area contributed by atoms with Crippen molar-refractivity contribution in [1.29, 1.82) is 0 Å². The molecule has 0 saturated carbocycles. The summed E-state index contributed by atoms with van der Waals surface area (Å²) in [6, 6.07) is 4.67. The van der Waals surface area contributed by atoms with Crippen molar-refractivity contribution < 1.29 is 9.18 Å². The largest absolute Gasteiger partial charge is 0.333 e. The Morgan fingerprint density at radius 2 is 2.17 bits per heavy atom. The average Bonchev–Trinajstić information content (AvgIpc) is 2.32. The quantitative estimate of drug-likeness (QED) is 0.794. The van der Waals surface area contributed by atoms with Crippen molar-refractivity contribution in [2.75, 3.05) is 26.7 Å². The molecule has 0 radical (unpaired) electrons. The van der Waals surface area contributed by atoms with Gasteiger partial charge < -0.3 is 9.80 Å². The minimum absolute atomic E-state index is 0.0954. The third kappa shape index (κ3) is 2.72. The first kappa shape index (κ1) is 13.5. The lowest BCUT2D eigenvalue weighted by Crippen LogP contribution is -2.52. The molecule has 98 valence electrons. The van der Waals surface area contributed by atoms with Gasteiger partial charge in [-0.15, -0.1) is 0 Å². The predicted octanol–water partition coefficient (Wildman–Crippen LogP) is 2.36. The summed E-state index contributed by atoms with van der Waals surface area (Å²) in [4.78, 5) is 16.3. The summed E-state index contributed by atoms with van der Waals surface area (Å²) in [7, 11) is 2.04.